The molecular formula is C20H28. The summed E-state index contributed by atoms with van der Waals surface area (Å²) in [6.45, 7) is 20.8. The maximum absolute atomic E-state index is 4.20. The highest BCUT2D eigenvalue weighted by atomic mass is 14.2. The first kappa shape index (κ1) is 16.5. The maximum atomic E-state index is 4.20. The molecule has 0 heterocycles. The molecule has 0 bridgehead atoms. The molecule has 0 unspecified atom stereocenters. The summed E-state index contributed by atoms with van der Waals surface area (Å²) in [6.07, 6.45) is 3.25. The highest BCUT2D eigenvalue weighted by Crippen LogP contribution is 2.31. The first-order chi connectivity index (χ1) is 9.25. The second-order valence-electron chi connectivity index (χ2n) is 6.40. The molecule has 0 amide bonds. The monoisotopic (exact) mass is 268 g/mol. The van der Waals surface area contributed by atoms with Crippen molar-refractivity contribution in [1.29, 1.82) is 0 Å². The lowest BCUT2D eigenvalue weighted by molar-refractivity contribution is 0.626. The summed E-state index contributed by atoms with van der Waals surface area (Å²) in [5, 5.41) is 0. The molecule has 1 aromatic rings. The standard InChI is InChI=1S/C20H28/c1-15(2)9-8-10-17(5)18-11-13-19(14-12-18)20(6,7)16(3)4/h11-14H,1,3,5,8-10H2,2,4,6-7H3. The van der Waals surface area contributed by atoms with Crippen molar-refractivity contribution in [3.05, 3.63) is 66.3 Å². The summed E-state index contributed by atoms with van der Waals surface area (Å²) >= 11 is 0. The van der Waals surface area contributed by atoms with Crippen LogP contribution in [0.15, 0.2) is 55.1 Å². The average molecular weight is 268 g/mol. The van der Waals surface area contributed by atoms with Gasteiger partial charge in [-0.3, -0.25) is 0 Å². The van der Waals surface area contributed by atoms with E-state index in [1.165, 1.54) is 27.8 Å². The van der Waals surface area contributed by atoms with Gasteiger partial charge in [0.2, 0.25) is 0 Å². The van der Waals surface area contributed by atoms with Crippen molar-refractivity contribution in [2.45, 2.75) is 52.4 Å². The Morgan fingerprint density at radius 3 is 1.95 bits per heavy atom. The second-order valence-corrected chi connectivity index (χ2v) is 6.40. The number of hydrogen-bond acceptors (Lipinski definition) is 0. The SMILES string of the molecule is C=C(C)CCCC(=C)c1ccc(C(C)(C)C(=C)C)cc1. The Labute approximate surface area is 124 Å². The lowest BCUT2D eigenvalue weighted by atomic mass is 9.78. The number of allylic oxidation sites excluding steroid dienone is 3. The van der Waals surface area contributed by atoms with Crippen molar-refractivity contribution < 1.29 is 0 Å². The highest BCUT2D eigenvalue weighted by Gasteiger charge is 2.20. The van der Waals surface area contributed by atoms with Gasteiger partial charge in [-0.15, -0.1) is 6.58 Å². The second kappa shape index (κ2) is 6.74. The van der Waals surface area contributed by atoms with Crippen LogP contribution in [-0.2, 0) is 5.41 Å². The Kier molecular flexibility index (Phi) is 5.56. The van der Waals surface area contributed by atoms with E-state index in [0.29, 0.717) is 0 Å². The van der Waals surface area contributed by atoms with Crippen LogP contribution in [0.5, 0.6) is 0 Å². The van der Waals surface area contributed by atoms with E-state index in [-0.39, 0.29) is 5.41 Å². The molecule has 0 aliphatic rings. The third kappa shape index (κ3) is 4.23. The molecule has 0 radical (unpaired) electrons. The quantitative estimate of drug-likeness (QED) is 0.509. The Balaban J connectivity index is 2.74. The molecule has 0 heteroatoms. The fourth-order valence-corrected chi connectivity index (χ4v) is 2.12. The van der Waals surface area contributed by atoms with Gasteiger partial charge >= 0.3 is 0 Å². The Morgan fingerprint density at radius 2 is 1.50 bits per heavy atom. The zero-order valence-electron chi connectivity index (χ0n) is 13.6. The van der Waals surface area contributed by atoms with Crippen LogP contribution >= 0.6 is 0 Å². The fourth-order valence-electron chi connectivity index (χ4n) is 2.12. The van der Waals surface area contributed by atoms with Crippen LogP contribution in [0.4, 0.5) is 0 Å². The maximum Gasteiger partial charge on any atom is 0.00996 e. The Hall–Kier alpha value is -1.56. The zero-order valence-corrected chi connectivity index (χ0v) is 13.6. The first-order valence-electron chi connectivity index (χ1n) is 7.34. The molecule has 1 aromatic carbocycles. The van der Waals surface area contributed by atoms with Gasteiger partial charge in [-0.2, -0.15) is 0 Å². The van der Waals surface area contributed by atoms with Crippen LogP contribution < -0.4 is 0 Å². The predicted molar refractivity (Wildman–Crippen MR) is 92.0 cm³/mol. The van der Waals surface area contributed by atoms with Crippen LogP contribution in [-0.4, -0.2) is 0 Å². The minimum Gasteiger partial charge on any atom is -0.100 e. The number of rotatable bonds is 7. The Morgan fingerprint density at radius 1 is 0.950 bits per heavy atom. The van der Waals surface area contributed by atoms with Gasteiger partial charge in [0, 0.05) is 5.41 Å². The summed E-state index contributed by atoms with van der Waals surface area (Å²) in [4.78, 5) is 0. The van der Waals surface area contributed by atoms with Gasteiger partial charge in [0.25, 0.3) is 0 Å². The van der Waals surface area contributed by atoms with Gasteiger partial charge < -0.3 is 0 Å². The van der Waals surface area contributed by atoms with Gasteiger partial charge in [-0.05, 0) is 49.8 Å². The van der Waals surface area contributed by atoms with Crippen LogP contribution in [0, 0.1) is 0 Å². The van der Waals surface area contributed by atoms with Crippen molar-refractivity contribution >= 4 is 5.57 Å². The molecule has 1 rings (SSSR count). The number of benzene rings is 1. The normalized spacial score (nSPS) is 11.2. The molecule has 0 spiro atoms. The lowest BCUT2D eigenvalue weighted by Gasteiger charge is -2.26. The third-order valence-corrected chi connectivity index (χ3v) is 4.16. The van der Waals surface area contributed by atoms with Crippen molar-refractivity contribution in [2.75, 3.05) is 0 Å². The first-order valence-corrected chi connectivity index (χ1v) is 7.34. The van der Waals surface area contributed by atoms with E-state index in [2.05, 4.69) is 71.7 Å². The Bertz CT molecular complexity index is 497. The van der Waals surface area contributed by atoms with Crippen LogP contribution in [0.1, 0.15) is 58.1 Å². The topological polar surface area (TPSA) is 0 Å². The molecule has 0 aliphatic carbocycles. The van der Waals surface area contributed by atoms with E-state index < -0.39 is 0 Å². The molecule has 108 valence electrons. The minimum atomic E-state index is 0.0276. The lowest BCUT2D eigenvalue weighted by Crippen LogP contribution is -2.17. The zero-order chi connectivity index (χ0) is 15.3. The molecule has 0 saturated heterocycles. The van der Waals surface area contributed by atoms with Crippen molar-refractivity contribution in [3.8, 4) is 0 Å². The van der Waals surface area contributed by atoms with E-state index in [0.717, 1.165) is 19.3 Å². The summed E-state index contributed by atoms with van der Waals surface area (Å²) < 4.78 is 0. The average Bonchev–Trinajstić information content (AvgIpc) is 2.38. The van der Waals surface area contributed by atoms with Crippen LogP contribution in [0.2, 0.25) is 0 Å². The van der Waals surface area contributed by atoms with E-state index in [4.69, 9.17) is 0 Å². The van der Waals surface area contributed by atoms with Gasteiger partial charge in [-0.25, -0.2) is 0 Å². The van der Waals surface area contributed by atoms with Crippen molar-refractivity contribution in [2.24, 2.45) is 0 Å². The summed E-state index contributed by atoms with van der Waals surface area (Å²) in [7, 11) is 0. The molecule has 0 atom stereocenters. The van der Waals surface area contributed by atoms with E-state index >= 15 is 0 Å². The van der Waals surface area contributed by atoms with Gasteiger partial charge in [0.1, 0.15) is 0 Å². The molecule has 0 saturated carbocycles. The van der Waals surface area contributed by atoms with Gasteiger partial charge in [0.05, 0.1) is 0 Å². The van der Waals surface area contributed by atoms with Gasteiger partial charge in [0.15, 0.2) is 0 Å². The van der Waals surface area contributed by atoms with Gasteiger partial charge in [-0.1, -0.05) is 62.4 Å². The molecule has 0 aromatic heterocycles. The molecule has 0 fully saturated rings. The molecule has 0 nitrogen and oxygen atoms in total. The molecule has 0 N–H and O–H groups in total. The highest BCUT2D eigenvalue weighted by molar-refractivity contribution is 5.63. The van der Waals surface area contributed by atoms with E-state index in [1.54, 1.807) is 0 Å². The largest absolute Gasteiger partial charge is 0.100 e. The van der Waals surface area contributed by atoms with Crippen molar-refractivity contribution in [1.82, 2.24) is 0 Å². The molecule has 20 heavy (non-hydrogen) atoms. The van der Waals surface area contributed by atoms with Crippen molar-refractivity contribution in [3.63, 3.8) is 0 Å². The summed E-state index contributed by atoms with van der Waals surface area (Å²) in [5.74, 6) is 0. The third-order valence-electron chi connectivity index (χ3n) is 4.16. The summed E-state index contributed by atoms with van der Waals surface area (Å²) in [6, 6.07) is 8.77. The molecule has 0 aliphatic heterocycles. The smallest absolute Gasteiger partial charge is 0.00996 e. The number of hydrogen-bond donors (Lipinski definition) is 0. The van der Waals surface area contributed by atoms with E-state index in [9.17, 15) is 0 Å². The fraction of sp³-hybridized carbons (Fsp3) is 0.400. The summed E-state index contributed by atoms with van der Waals surface area (Å²) in [5.41, 5.74) is 6.23. The molecular weight excluding hydrogens is 240 g/mol. The predicted octanol–water partition coefficient (Wildman–Crippen LogP) is 6.30. The van der Waals surface area contributed by atoms with E-state index in [1.807, 2.05) is 0 Å². The van der Waals surface area contributed by atoms with Crippen LogP contribution in [0.25, 0.3) is 5.57 Å². The minimum absolute atomic E-state index is 0.0276. The van der Waals surface area contributed by atoms with Crippen LogP contribution in [0.3, 0.4) is 0 Å².